The van der Waals surface area contributed by atoms with Gasteiger partial charge in [0.25, 0.3) is 0 Å². The Morgan fingerprint density at radius 3 is 2.81 bits per heavy atom. The Hall–Kier alpha value is -1.49. The number of aromatic nitrogens is 1. The molecule has 5 heteroatoms. The summed E-state index contributed by atoms with van der Waals surface area (Å²) in [5.41, 5.74) is 1.07. The zero-order valence-electron chi connectivity index (χ0n) is 9.10. The molecule has 0 saturated heterocycles. The van der Waals surface area contributed by atoms with Crippen LogP contribution in [0.1, 0.15) is 18.9 Å². The van der Waals surface area contributed by atoms with Crippen LogP contribution in [0, 0.1) is 0 Å². The molecule has 0 fully saturated rings. The van der Waals surface area contributed by atoms with Crippen molar-refractivity contribution < 1.29 is 9.53 Å². The summed E-state index contributed by atoms with van der Waals surface area (Å²) < 4.78 is 4.79. The van der Waals surface area contributed by atoms with E-state index in [4.69, 9.17) is 17.0 Å². The highest BCUT2D eigenvalue weighted by atomic mass is 32.1. The predicted molar refractivity (Wildman–Crippen MR) is 64.9 cm³/mol. The van der Waals surface area contributed by atoms with Crippen molar-refractivity contribution >= 4 is 23.2 Å². The van der Waals surface area contributed by atoms with Crippen molar-refractivity contribution in [2.45, 2.75) is 19.9 Å². The topological polar surface area (TPSA) is 51.2 Å². The fourth-order valence-electron chi connectivity index (χ4n) is 1.11. The summed E-state index contributed by atoms with van der Waals surface area (Å²) in [4.78, 5) is 15.5. The molecule has 1 aromatic heterocycles. The SMILES string of the molecule is CCOC(=O)CC(=S)NCc1ccncc1. The molecule has 1 heterocycles. The normalized spacial score (nSPS) is 9.56. The molecule has 1 N–H and O–H groups in total. The fourth-order valence-corrected chi connectivity index (χ4v) is 1.30. The molecule has 0 radical (unpaired) electrons. The molecular weight excluding hydrogens is 224 g/mol. The second-order valence-corrected chi connectivity index (χ2v) is 3.61. The van der Waals surface area contributed by atoms with E-state index in [9.17, 15) is 4.79 Å². The van der Waals surface area contributed by atoms with E-state index < -0.39 is 0 Å². The average molecular weight is 238 g/mol. The molecule has 0 saturated carbocycles. The van der Waals surface area contributed by atoms with Crippen LogP contribution in [0.2, 0.25) is 0 Å². The summed E-state index contributed by atoms with van der Waals surface area (Å²) in [6, 6.07) is 3.78. The number of ether oxygens (including phenoxy) is 1. The van der Waals surface area contributed by atoms with E-state index in [0.29, 0.717) is 18.1 Å². The zero-order chi connectivity index (χ0) is 11.8. The van der Waals surface area contributed by atoms with Crippen molar-refractivity contribution in [2.75, 3.05) is 6.61 Å². The minimum Gasteiger partial charge on any atom is -0.466 e. The maximum absolute atomic E-state index is 11.1. The second kappa shape index (κ2) is 6.90. The molecule has 0 spiro atoms. The molecule has 0 aliphatic heterocycles. The number of carbonyl (C=O) groups excluding carboxylic acids is 1. The van der Waals surface area contributed by atoms with Crippen LogP contribution >= 0.6 is 12.2 Å². The zero-order valence-corrected chi connectivity index (χ0v) is 9.92. The molecule has 0 aliphatic carbocycles. The highest BCUT2D eigenvalue weighted by Gasteiger charge is 2.05. The fraction of sp³-hybridized carbons (Fsp3) is 0.364. The van der Waals surface area contributed by atoms with E-state index in [-0.39, 0.29) is 12.4 Å². The van der Waals surface area contributed by atoms with Crippen molar-refractivity contribution in [2.24, 2.45) is 0 Å². The van der Waals surface area contributed by atoms with E-state index in [2.05, 4.69) is 10.3 Å². The van der Waals surface area contributed by atoms with Crippen LogP contribution in [0.4, 0.5) is 0 Å². The van der Waals surface area contributed by atoms with Crippen molar-refractivity contribution in [1.29, 1.82) is 0 Å². The first-order valence-electron chi connectivity index (χ1n) is 5.03. The number of nitrogens with zero attached hydrogens (tertiary/aromatic N) is 1. The van der Waals surface area contributed by atoms with Gasteiger partial charge < -0.3 is 10.1 Å². The first kappa shape index (κ1) is 12.6. The van der Waals surface area contributed by atoms with E-state index in [0.717, 1.165) is 5.56 Å². The molecule has 0 atom stereocenters. The minimum atomic E-state index is -0.297. The molecule has 86 valence electrons. The van der Waals surface area contributed by atoms with Gasteiger partial charge in [-0.3, -0.25) is 9.78 Å². The number of nitrogens with one attached hydrogen (secondary N) is 1. The molecule has 0 amide bonds. The summed E-state index contributed by atoms with van der Waals surface area (Å²) in [6.45, 7) is 2.75. The Kier molecular flexibility index (Phi) is 5.42. The first-order valence-corrected chi connectivity index (χ1v) is 5.44. The number of rotatable bonds is 5. The highest BCUT2D eigenvalue weighted by Crippen LogP contribution is 1.96. The number of esters is 1. The molecule has 16 heavy (non-hydrogen) atoms. The number of hydrogen-bond donors (Lipinski definition) is 1. The van der Waals surface area contributed by atoms with Gasteiger partial charge in [-0.15, -0.1) is 0 Å². The monoisotopic (exact) mass is 238 g/mol. The van der Waals surface area contributed by atoms with Gasteiger partial charge in [-0.25, -0.2) is 0 Å². The van der Waals surface area contributed by atoms with E-state index in [1.165, 1.54) is 0 Å². The van der Waals surface area contributed by atoms with Gasteiger partial charge in [0.2, 0.25) is 0 Å². The van der Waals surface area contributed by atoms with Crippen LogP contribution in [0.25, 0.3) is 0 Å². The van der Waals surface area contributed by atoms with Gasteiger partial charge in [0.1, 0.15) is 0 Å². The Balaban J connectivity index is 2.28. The average Bonchev–Trinajstić information content (AvgIpc) is 2.28. The van der Waals surface area contributed by atoms with Crippen molar-refractivity contribution in [3.63, 3.8) is 0 Å². The third kappa shape index (κ3) is 4.84. The van der Waals surface area contributed by atoms with Crippen LogP contribution in [0.3, 0.4) is 0 Å². The maximum Gasteiger partial charge on any atom is 0.312 e. The Bertz CT molecular complexity index is 354. The van der Waals surface area contributed by atoms with Gasteiger partial charge >= 0.3 is 5.97 Å². The largest absolute Gasteiger partial charge is 0.466 e. The molecule has 4 nitrogen and oxygen atoms in total. The molecular formula is C11H14N2O2S. The lowest BCUT2D eigenvalue weighted by Crippen LogP contribution is -2.24. The quantitative estimate of drug-likeness (QED) is 0.621. The predicted octanol–water partition coefficient (Wildman–Crippen LogP) is 1.45. The standard InChI is InChI=1S/C11H14N2O2S/c1-2-15-11(14)7-10(16)13-8-9-3-5-12-6-4-9/h3-6H,2,7-8H2,1H3,(H,13,16). The van der Waals surface area contributed by atoms with Crippen molar-refractivity contribution in [3.05, 3.63) is 30.1 Å². The number of thiocarbonyl (C=S) groups is 1. The lowest BCUT2D eigenvalue weighted by Gasteiger charge is -2.07. The Labute approximate surface area is 100 Å². The van der Waals surface area contributed by atoms with Gasteiger partial charge in [0, 0.05) is 18.9 Å². The summed E-state index contributed by atoms with van der Waals surface area (Å²) in [5.74, 6) is -0.297. The molecule has 1 rings (SSSR count). The van der Waals surface area contributed by atoms with Gasteiger partial charge in [-0.05, 0) is 24.6 Å². The summed E-state index contributed by atoms with van der Waals surface area (Å²) >= 11 is 5.02. The van der Waals surface area contributed by atoms with Crippen LogP contribution in [-0.4, -0.2) is 22.5 Å². The van der Waals surface area contributed by atoms with Gasteiger partial charge in [0.05, 0.1) is 18.0 Å². The number of hydrogen-bond acceptors (Lipinski definition) is 4. The summed E-state index contributed by atoms with van der Waals surface area (Å²) in [7, 11) is 0. The number of carbonyl (C=O) groups is 1. The summed E-state index contributed by atoms with van der Waals surface area (Å²) in [6.07, 6.45) is 3.56. The summed E-state index contributed by atoms with van der Waals surface area (Å²) in [5, 5.41) is 2.99. The van der Waals surface area contributed by atoms with Crippen molar-refractivity contribution in [3.8, 4) is 0 Å². The lowest BCUT2D eigenvalue weighted by molar-refractivity contribution is -0.141. The van der Waals surface area contributed by atoms with Gasteiger partial charge in [-0.1, -0.05) is 12.2 Å². The maximum atomic E-state index is 11.1. The van der Waals surface area contributed by atoms with Gasteiger partial charge in [-0.2, -0.15) is 0 Å². The molecule has 0 aliphatic rings. The van der Waals surface area contributed by atoms with E-state index in [1.807, 2.05) is 12.1 Å². The Morgan fingerprint density at radius 2 is 2.19 bits per heavy atom. The first-order chi connectivity index (χ1) is 7.72. The van der Waals surface area contributed by atoms with Crippen molar-refractivity contribution in [1.82, 2.24) is 10.3 Å². The molecule has 0 unspecified atom stereocenters. The minimum absolute atomic E-state index is 0.133. The molecule has 0 aromatic carbocycles. The van der Waals surface area contributed by atoms with Crippen LogP contribution in [0.15, 0.2) is 24.5 Å². The number of pyridine rings is 1. The highest BCUT2D eigenvalue weighted by molar-refractivity contribution is 7.80. The van der Waals surface area contributed by atoms with Crippen LogP contribution in [-0.2, 0) is 16.1 Å². The van der Waals surface area contributed by atoms with E-state index in [1.54, 1.807) is 19.3 Å². The van der Waals surface area contributed by atoms with Gasteiger partial charge in [0.15, 0.2) is 0 Å². The third-order valence-corrected chi connectivity index (χ3v) is 2.14. The van der Waals surface area contributed by atoms with Crippen LogP contribution < -0.4 is 5.32 Å². The third-order valence-electron chi connectivity index (χ3n) is 1.85. The van der Waals surface area contributed by atoms with E-state index >= 15 is 0 Å². The lowest BCUT2D eigenvalue weighted by atomic mass is 10.2. The Morgan fingerprint density at radius 1 is 1.50 bits per heavy atom. The van der Waals surface area contributed by atoms with Crippen LogP contribution in [0.5, 0.6) is 0 Å². The second-order valence-electron chi connectivity index (χ2n) is 3.11. The molecule has 1 aromatic rings. The molecule has 0 bridgehead atoms. The smallest absolute Gasteiger partial charge is 0.312 e.